The Morgan fingerprint density at radius 3 is 2.32 bits per heavy atom. The maximum Gasteiger partial charge on any atom is 0.319 e. The highest BCUT2D eigenvalue weighted by Crippen LogP contribution is 2.33. The lowest BCUT2D eigenvalue weighted by Gasteiger charge is -2.34. The van der Waals surface area contributed by atoms with Crippen molar-refractivity contribution in [2.75, 3.05) is 18.0 Å². The van der Waals surface area contributed by atoms with Crippen LogP contribution in [0.15, 0.2) is 54.6 Å². The zero-order chi connectivity index (χ0) is 15.4. The lowest BCUT2D eigenvalue weighted by Crippen LogP contribution is -2.48. The number of amides is 2. The van der Waals surface area contributed by atoms with Gasteiger partial charge in [0, 0.05) is 11.6 Å². The maximum atomic E-state index is 12.1. The first-order valence-electron chi connectivity index (χ1n) is 7.71. The van der Waals surface area contributed by atoms with Crippen LogP contribution in [0.5, 0.6) is 0 Å². The molecule has 1 fully saturated rings. The summed E-state index contributed by atoms with van der Waals surface area (Å²) < 4.78 is 0. The molecule has 3 rings (SSSR count). The van der Waals surface area contributed by atoms with Crippen molar-refractivity contribution in [1.29, 1.82) is 0 Å². The molecule has 3 N–H and O–H groups in total. The van der Waals surface area contributed by atoms with Gasteiger partial charge in [-0.2, -0.15) is 0 Å². The van der Waals surface area contributed by atoms with E-state index in [1.165, 1.54) is 0 Å². The minimum absolute atomic E-state index is 0.156. The molecule has 2 aromatic carbocycles. The number of anilines is 1. The van der Waals surface area contributed by atoms with Gasteiger partial charge in [0.05, 0.1) is 5.69 Å². The molecule has 0 unspecified atom stereocenters. The summed E-state index contributed by atoms with van der Waals surface area (Å²) in [6.45, 7) is 1.84. The number of carbonyl (C=O) groups is 1. The van der Waals surface area contributed by atoms with Crippen molar-refractivity contribution in [3.8, 4) is 11.1 Å². The molecule has 1 saturated heterocycles. The normalized spacial score (nSPS) is 15.5. The number of urea groups is 1. The largest absolute Gasteiger partial charge is 0.351 e. The van der Waals surface area contributed by atoms with Gasteiger partial charge in [-0.05, 0) is 37.6 Å². The number of nitrogens with two attached hydrogens (primary N) is 1. The first-order chi connectivity index (χ1) is 10.8. The van der Waals surface area contributed by atoms with E-state index in [9.17, 15) is 4.79 Å². The molecule has 0 saturated carbocycles. The first kappa shape index (κ1) is 14.6. The Morgan fingerprint density at radius 1 is 1.00 bits per heavy atom. The summed E-state index contributed by atoms with van der Waals surface area (Å²) in [4.78, 5) is 13.9. The summed E-state index contributed by atoms with van der Waals surface area (Å²) in [6, 6.07) is 17.9. The van der Waals surface area contributed by atoms with E-state index in [0.717, 1.165) is 42.7 Å². The van der Waals surface area contributed by atoms with Crippen molar-refractivity contribution < 1.29 is 4.79 Å². The molecule has 0 radical (unpaired) electrons. The highest BCUT2D eigenvalue weighted by Gasteiger charge is 2.26. The Hall–Kier alpha value is -2.33. The third kappa shape index (κ3) is 2.97. The van der Waals surface area contributed by atoms with Crippen LogP contribution in [-0.4, -0.2) is 25.2 Å². The van der Waals surface area contributed by atoms with E-state index in [1.54, 1.807) is 4.90 Å². The fourth-order valence-electron chi connectivity index (χ4n) is 3.11. The number of rotatable bonds is 3. The third-order valence-electron chi connectivity index (χ3n) is 4.16. The smallest absolute Gasteiger partial charge is 0.319 e. The Kier molecular flexibility index (Phi) is 4.39. The summed E-state index contributed by atoms with van der Waals surface area (Å²) in [6.07, 6.45) is 1.85. The van der Waals surface area contributed by atoms with Crippen LogP contribution in [0.3, 0.4) is 0 Å². The number of carbonyl (C=O) groups excluding carboxylic acids is 1. The molecule has 0 aromatic heterocycles. The summed E-state index contributed by atoms with van der Waals surface area (Å²) >= 11 is 0. The lowest BCUT2D eigenvalue weighted by atomic mass is 9.99. The van der Waals surface area contributed by atoms with Crippen LogP contribution >= 0.6 is 0 Å². The fourth-order valence-corrected chi connectivity index (χ4v) is 3.11. The predicted molar refractivity (Wildman–Crippen MR) is 89.8 cm³/mol. The van der Waals surface area contributed by atoms with Crippen LogP contribution in [0.1, 0.15) is 12.8 Å². The van der Waals surface area contributed by atoms with Crippen molar-refractivity contribution >= 4 is 11.7 Å². The SMILES string of the molecule is NC(=O)N(c1ccccc1-c1ccccc1)C1CCNCC1. The molecule has 1 heterocycles. The molecular weight excluding hydrogens is 274 g/mol. The minimum Gasteiger partial charge on any atom is -0.351 e. The first-order valence-corrected chi connectivity index (χ1v) is 7.71. The van der Waals surface area contributed by atoms with E-state index in [0.29, 0.717) is 0 Å². The molecule has 1 aliphatic heterocycles. The van der Waals surface area contributed by atoms with Gasteiger partial charge in [0.2, 0.25) is 0 Å². The molecule has 2 aromatic rings. The summed E-state index contributed by atoms with van der Waals surface area (Å²) in [7, 11) is 0. The van der Waals surface area contributed by atoms with Crippen LogP contribution in [-0.2, 0) is 0 Å². The van der Waals surface area contributed by atoms with Crippen molar-refractivity contribution in [2.24, 2.45) is 5.73 Å². The van der Waals surface area contributed by atoms with Crippen LogP contribution in [0.2, 0.25) is 0 Å². The van der Waals surface area contributed by atoms with Gasteiger partial charge in [-0.15, -0.1) is 0 Å². The Bertz CT molecular complexity index is 636. The quantitative estimate of drug-likeness (QED) is 0.914. The van der Waals surface area contributed by atoms with E-state index in [1.807, 2.05) is 42.5 Å². The Balaban J connectivity index is 2.03. The van der Waals surface area contributed by atoms with Crippen molar-refractivity contribution in [3.05, 3.63) is 54.6 Å². The van der Waals surface area contributed by atoms with Crippen LogP contribution in [0.4, 0.5) is 10.5 Å². The summed E-state index contributed by atoms with van der Waals surface area (Å²) in [5.74, 6) is 0. The zero-order valence-electron chi connectivity index (χ0n) is 12.5. The third-order valence-corrected chi connectivity index (χ3v) is 4.16. The van der Waals surface area contributed by atoms with Gasteiger partial charge in [0.15, 0.2) is 0 Å². The summed E-state index contributed by atoms with van der Waals surface area (Å²) in [5.41, 5.74) is 8.75. The molecule has 114 valence electrons. The van der Waals surface area contributed by atoms with E-state index in [4.69, 9.17) is 5.73 Å². The molecule has 0 spiro atoms. The average Bonchev–Trinajstić information content (AvgIpc) is 2.57. The second kappa shape index (κ2) is 6.62. The zero-order valence-corrected chi connectivity index (χ0v) is 12.5. The van der Waals surface area contributed by atoms with Crippen LogP contribution in [0.25, 0.3) is 11.1 Å². The van der Waals surface area contributed by atoms with Crippen LogP contribution < -0.4 is 16.0 Å². The fraction of sp³-hybridized carbons (Fsp3) is 0.278. The van der Waals surface area contributed by atoms with E-state index in [2.05, 4.69) is 17.4 Å². The monoisotopic (exact) mass is 295 g/mol. The van der Waals surface area contributed by atoms with Crippen molar-refractivity contribution in [3.63, 3.8) is 0 Å². The number of nitrogens with one attached hydrogen (secondary N) is 1. The Morgan fingerprint density at radius 2 is 1.64 bits per heavy atom. The van der Waals surface area contributed by atoms with Gasteiger partial charge in [0.1, 0.15) is 0 Å². The lowest BCUT2D eigenvalue weighted by molar-refractivity contribution is 0.249. The molecular formula is C18H21N3O. The molecule has 0 atom stereocenters. The van der Waals surface area contributed by atoms with Gasteiger partial charge in [-0.1, -0.05) is 48.5 Å². The second-order valence-corrected chi connectivity index (χ2v) is 5.57. The number of para-hydroxylation sites is 1. The van der Waals surface area contributed by atoms with Gasteiger partial charge >= 0.3 is 6.03 Å². The topological polar surface area (TPSA) is 58.4 Å². The Labute approximate surface area is 130 Å². The van der Waals surface area contributed by atoms with Gasteiger partial charge < -0.3 is 11.1 Å². The van der Waals surface area contributed by atoms with Crippen LogP contribution in [0, 0.1) is 0 Å². The van der Waals surface area contributed by atoms with Gasteiger partial charge in [-0.25, -0.2) is 4.79 Å². The number of primary amides is 1. The number of hydrogen-bond donors (Lipinski definition) is 2. The standard InChI is InChI=1S/C18H21N3O/c19-18(22)21(15-10-12-20-13-11-15)17-9-5-4-8-16(17)14-6-2-1-3-7-14/h1-9,15,20H,10-13H2,(H2,19,22). The highest BCUT2D eigenvalue weighted by atomic mass is 16.2. The minimum atomic E-state index is -0.379. The van der Waals surface area contributed by atoms with Crippen molar-refractivity contribution in [2.45, 2.75) is 18.9 Å². The summed E-state index contributed by atoms with van der Waals surface area (Å²) in [5, 5.41) is 3.33. The van der Waals surface area contributed by atoms with E-state index >= 15 is 0 Å². The predicted octanol–water partition coefficient (Wildman–Crippen LogP) is 2.99. The molecule has 4 nitrogen and oxygen atoms in total. The molecule has 1 aliphatic rings. The molecule has 0 aliphatic carbocycles. The average molecular weight is 295 g/mol. The second-order valence-electron chi connectivity index (χ2n) is 5.57. The molecule has 4 heteroatoms. The van der Waals surface area contributed by atoms with Gasteiger partial charge in [0.25, 0.3) is 0 Å². The van der Waals surface area contributed by atoms with E-state index < -0.39 is 0 Å². The molecule has 2 amide bonds. The van der Waals surface area contributed by atoms with E-state index in [-0.39, 0.29) is 12.1 Å². The number of piperidine rings is 1. The van der Waals surface area contributed by atoms with Crippen molar-refractivity contribution in [1.82, 2.24) is 5.32 Å². The van der Waals surface area contributed by atoms with Gasteiger partial charge in [-0.3, -0.25) is 4.90 Å². The number of benzene rings is 2. The maximum absolute atomic E-state index is 12.1. The number of hydrogen-bond acceptors (Lipinski definition) is 2. The highest BCUT2D eigenvalue weighted by molar-refractivity contribution is 5.96. The molecule has 22 heavy (non-hydrogen) atoms. The number of nitrogens with zero attached hydrogens (tertiary/aromatic N) is 1. The molecule has 0 bridgehead atoms.